The number of nitrogens with one attached hydrogen (secondary N) is 2. The molecule has 0 aromatic heterocycles. The van der Waals surface area contributed by atoms with Gasteiger partial charge in [-0.05, 0) is 30.9 Å². The third kappa shape index (κ3) is 4.86. The van der Waals surface area contributed by atoms with Crippen molar-refractivity contribution in [1.82, 2.24) is 5.32 Å². The Hall–Kier alpha value is -1.84. The first-order valence-electron chi connectivity index (χ1n) is 8.26. The van der Waals surface area contributed by atoms with Crippen molar-refractivity contribution < 1.29 is 9.59 Å². The van der Waals surface area contributed by atoms with Gasteiger partial charge in [0.05, 0.1) is 11.3 Å². The third-order valence-electron chi connectivity index (χ3n) is 3.98. The van der Waals surface area contributed by atoms with Crippen molar-refractivity contribution in [2.24, 2.45) is 5.92 Å². The van der Waals surface area contributed by atoms with Crippen LogP contribution in [0, 0.1) is 5.92 Å². The minimum atomic E-state index is -0.0904. The Morgan fingerprint density at radius 1 is 1.14 bits per heavy atom. The molecule has 1 aliphatic carbocycles. The molecule has 0 bridgehead atoms. The van der Waals surface area contributed by atoms with Crippen LogP contribution < -0.4 is 10.6 Å². The quantitative estimate of drug-likeness (QED) is 0.870. The van der Waals surface area contributed by atoms with Gasteiger partial charge in [-0.1, -0.05) is 45.2 Å². The third-order valence-corrected chi connectivity index (χ3v) is 3.98. The standard InChI is InChI=1S/C18H26N2O2/c1-13(2)12-17(21)20-16-11-7-6-10-15(16)18(22)19-14-8-4-3-5-9-14/h6-7,10-11,13-14H,3-5,8-9,12H2,1-2H3,(H,19,22)(H,20,21). The zero-order valence-electron chi connectivity index (χ0n) is 13.5. The highest BCUT2D eigenvalue weighted by Gasteiger charge is 2.19. The largest absolute Gasteiger partial charge is 0.349 e. The van der Waals surface area contributed by atoms with E-state index in [1.165, 1.54) is 19.3 Å². The zero-order chi connectivity index (χ0) is 15.9. The van der Waals surface area contributed by atoms with Gasteiger partial charge in [0.2, 0.25) is 5.91 Å². The number of benzene rings is 1. The molecule has 0 radical (unpaired) electrons. The van der Waals surface area contributed by atoms with Crippen molar-refractivity contribution in [3.05, 3.63) is 29.8 Å². The number of amides is 2. The Labute approximate surface area is 132 Å². The molecule has 0 spiro atoms. The molecular weight excluding hydrogens is 276 g/mol. The minimum Gasteiger partial charge on any atom is -0.349 e. The second-order valence-electron chi connectivity index (χ2n) is 6.50. The van der Waals surface area contributed by atoms with Crippen LogP contribution in [0.2, 0.25) is 0 Å². The topological polar surface area (TPSA) is 58.2 Å². The first kappa shape index (κ1) is 16.5. The smallest absolute Gasteiger partial charge is 0.253 e. The van der Waals surface area contributed by atoms with Crippen LogP contribution in [0.3, 0.4) is 0 Å². The van der Waals surface area contributed by atoms with Crippen LogP contribution in [-0.2, 0) is 4.79 Å². The van der Waals surface area contributed by atoms with Gasteiger partial charge in [-0.2, -0.15) is 0 Å². The van der Waals surface area contributed by atoms with E-state index in [1.54, 1.807) is 12.1 Å². The zero-order valence-corrected chi connectivity index (χ0v) is 13.5. The molecule has 0 atom stereocenters. The molecule has 2 rings (SSSR count). The monoisotopic (exact) mass is 302 g/mol. The molecule has 22 heavy (non-hydrogen) atoms. The van der Waals surface area contributed by atoms with Crippen LogP contribution in [-0.4, -0.2) is 17.9 Å². The van der Waals surface area contributed by atoms with Crippen LogP contribution in [0.1, 0.15) is 62.7 Å². The highest BCUT2D eigenvalue weighted by molar-refractivity contribution is 6.03. The summed E-state index contributed by atoms with van der Waals surface area (Å²) in [5, 5.41) is 5.96. The lowest BCUT2D eigenvalue weighted by molar-refractivity contribution is -0.116. The van der Waals surface area contributed by atoms with Gasteiger partial charge in [-0.15, -0.1) is 0 Å². The van der Waals surface area contributed by atoms with Crippen molar-refractivity contribution >= 4 is 17.5 Å². The van der Waals surface area contributed by atoms with E-state index in [-0.39, 0.29) is 17.9 Å². The second kappa shape index (κ2) is 7.97. The number of carbonyl (C=O) groups excluding carboxylic acids is 2. The highest BCUT2D eigenvalue weighted by atomic mass is 16.2. The summed E-state index contributed by atoms with van der Waals surface area (Å²) in [5.41, 5.74) is 1.15. The van der Waals surface area contributed by atoms with Crippen LogP contribution >= 0.6 is 0 Å². The number of carbonyl (C=O) groups is 2. The van der Waals surface area contributed by atoms with Crippen molar-refractivity contribution in [2.45, 2.75) is 58.4 Å². The number of hydrogen-bond acceptors (Lipinski definition) is 2. The van der Waals surface area contributed by atoms with E-state index in [9.17, 15) is 9.59 Å². The molecule has 1 aromatic carbocycles. The van der Waals surface area contributed by atoms with Crippen molar-refractivity contribution in [2.75, 3.05) is 5.32 Å². The molecule has 0 saturated heterocycles. The summed E-state index contributed by atoms with van der Waals surface area (Å²) < 4.78 is 0. The van der Waals surface area contributed by atoms with E-state index in [2.05, 4.69) is 10.6 Å². The van der Waals surface area contributed by atoms with Gasteiger partial charge in [0.1, 0.15) is 0 Å². The maximum atomic E-state index is 12.5. The first-order chi connectivity index (χ1) is 10.6. The Morgan fingerprint density at radius 2 is 1.82 bits per heavy atom. The van der Waals surface area contributed by atoms with Crippen molar-refractivity contribution in [3.63, 3.8) is 0 Å². The van der Waals surface area contributed by atoms with Gasteiger partial charge < -0.3 is 10.6 Å². The van der Waals surface area contributed by atoms with E-state index in [4.69, 9.17) is 0 Å². The summed E-state index contributed by atoms with van der Waals surface area (Å²) in [7, 11) is 0. The predicted molar refractivity (Wildman–Crippen MR) is 88.9 cm³/mol. The molecule has 120 valence electrons. The fraction of sp³-hybridized carbons (Fsp3) is 0.556. The lowest BCUT2D eigenvalue weighted by atomic mass is 9.95. The molecule has 4 heteroatoms. The van der Waals surface area contributed by atoms with E-state index in [0.29, 0.717) is 23.6 Å². The van der Waals surface area contributed by atoms with Crippen molar-refractivity contribution in [1.29, 1.82) is 0 Å². The van der Waals surface area contributed by atoms with E-state index >= 15 is 0 Å². The van der Waals surface area contributed by atoms with Crippen LogP contribution in [0.25, 0.3) is 0 Å². The fourth-order valence-electron chi connectivity index (χ4n) is 2.87. The first-order valence-corrected chi connectivity index (χ1v) is 8.26. The summed E-state index contributed by atoms with van der Waals surface area (Å²) in [6.45, 7) is 4.00. The molecule has 1 saturated carbocycles. The van der Waals surface area contributed by atoms with Crippen LogP contribution in [0.4, 0.5) is 5.69 Å². The summed E-state index contributed by atoms with van der Waals surface area (Å²) in [5.74, 6) is 0.156. The number of para-hydroxylation sites is 1. The minimum absolute atomic E-state index is 0.0482. The van der Waals surface area contributed by atoms with Gasteiger partial charge in [0.25, 0.3) is 5.91 Å². The second-order valence-corrected chi connectivity index (χ2v) is 6.50. The van der Waals surface area contributed by atoms with Crippen LogP contribution in [0.5, 0.6) is 0 Å². The summed E-state index contributed by atoms with van der Waals surface area (Å²) >= 11 is 0. The lowest BCUT2D eigenvalue weighted by Crippen LogP contribution is -2.36. The average molecular weight is 302 g/mol. The Balaban J connectivity index is 2.03. The van der Waals surface area contributed by atoms with Crippen LogP contribution in [0.15, 0.2) is 24.3 Å². The van der Waals surface area contributed by atoms with E-state index < -0.39 is 0 Å². The molecule has 1 fully saturated rings. The van der Waals surface area contributed by atoms with Gasteiger partial charge in [0.15, 0.2) is 0 Å². The lowest BCUT2D eigenvalue weighted by Gasteiger charge is -2.23. The summed E-state index contributed by atoms with van der Waals surface area (Å²) in [6, 6.07) is 7.48. The van der Waals surface area contributed by atoms with Gasteiger partial charge >= 0.3 is 0 Å². The molecule has 4 nitrogen and oxygen atoms in total. The van der Waals surface area contributed by atoms with E-state index in [0.717, 1.165) is 12.8 Å². The molecular formula is C18H26N2O2. The fourth-order valence-corrected chi connectivity index (χ4v) is 2.87. The Morgan fingerprint density at radius 3 is 2.50 bits per heavy atom. The predicted octanol–water partition coefficient (Wildman–Crippen LogP) is 3.73. The molecule has 0 aliphatic heterocycles. The molecule has 2 amide bonds. The SMILES string of the molecule is CC(C)CC(=O)Nc1ccccc1C(=O)NC1CCCCC1. The molecule has 0 heterocycles. The Bertz CT molecular complexity index is 520. The number of rotatable bonds is 5. The van der Waals surface area contributed by atoms with Gasteiger partial charge in [0, 0.05) is 12.5 Å². The molecule has 2 N–H and O–H groups in total. The maximum absolute atomic E-state index is 12.5. The number of anilines is 1. The van der Waals surface area contributed by atoms with Gasteiger partial charge in [-0.25, -0.2) is 0 Å². The maximum Gasteiger partial charge on any atom is 0.253 e. The normalized spacial score (nSPS) is 15.6. The Kier molecular flexibility index (Phi) is 5.99. The molecule has 1 aromatic rings. The van der Waals surface area contributed by atoms with E-state index in [1.807, 2.05) is 26.0 Å². The highest BCUT2D eigenvalue weighted by Crippen LogP contribution is 2.20. The molecule has 1 aliphatic rings. The number of hydrogen-bond donors (Lipinski definition) is 2. The summed E-state index contributed by atoms with van der Waals surface area (Å²) in [4.78, 5) is 24.4. The summed E-state index contributed by atoms with van der Waals surface area (Å²) in [6.07, 6.45) is 6.17. The molecule has 0 unspecified atom stereocenters. The van der Waals surface area contributed by atoms with Gasteiger partial charge in [-0.3, -0.25) is 9.59 Å². The van der Waals surface area contributed by atoms with Crippen molar-refractivity contribution in [3.8, 4) is 0 Å². The average Bonchev–Trinajstić information content (AvgIpc) is 2.47.